The molecule has 35 heavy (non-hydrogen) atoms. The summed E-state index contributed by atoms with van der Waals surface area (Å²) >= 11 is 0. The summed E-state index contributed by atoms with van der Waals surface area (Å²) < 4.78 is 63.2. The second kappa shape index (κ2) is 11.7. The standard InChI is InChI=1S/C24H29F4N3O4/c1-16-12-30(7-8-31(16)13-19(32)15-35-22-6-4-3-5-21(22)25)14-23(33)29-18-9-17(24(26,27)28)10-20(11-18)34-2/h3-6,9-11,16,19,32H,7-8,12-15H2,1-2H3,(H,29,33)/t16-,19-/m0/s1. The van der Waals surface area contributed by atoms with E-state index < -0.39 is 29.6 Å². The van der Waals surface area contributed by atoms with Crippen molar-refractivity contribution in [3.05, 3.63) is 53.8 Å². The number of hydrogen-bond donors (Lipinski definition) is 2. The van der Waals surface area contributed by atoms with Crippen molar-refractivity contribution in [3.63, 3.8) is 0 Å². The van der Waals surface area contributed by atoms with Crippen LogP contribution in [0.5, 0.6) is 11.5 Å². The third-order valence-corrected chi connectivity index (χ3v) is 5.68. The summed E-state index contributed by atoms with van der Waals surface area (Å²) in [6.45, 7) is 3.85. The van der Waals surface area contributed by atoms with E-state index >= 15 is 0 Å². The average molecular weight is 500 g/mol. The molecule has 1 fully saturated rings. The number of carbonyl (C=O) groups is 1. The van der Waals surface area contributed by atoms with E-state index in [-0.39, 0.29) is 36.4 Å². The van der Waals surface area contributed by atoms with Crippen LogP contribution in [0.3, 0.4) is 0 Å². The molecule has 2 atom stereocenters. The number of methoxy groups -OCH3 is 1. The number of amides is 1. The number of benzene rings is 2. The number of ether oxygens (including phenoxy) is 2. The van der Waals surface area contributed by atoms with Crippen molar-refractivity contribution in [2.75, 3.05) is 51.8 Å². The summed E-state index contributed by atoms with van der Waals surface area (Å²) in [6.07, 6.45) is -5.40. The first-order valence-electron chi connectivity index (χ1n) is 11.1. The van der Waals surface area contributed by atoms with E-state index in [1.165, 1.54) is 25.3 Å². The SMILES string of the molecule is COc1cc(NC(=O)CN2CCN(C[C@H](O)COc3ccccc3F)[C@@H](C)C2)cc(C(F)(F)F)c1. The fourth-order valence-corrected chi connectivity index (χ4v) is 3.91. The number of rotatable bonds is 9. The van der Waals surface area contributed by atoms with E-state index in [0.29, 0.717) is 26.2 Å². The summed E-state index contributed by atoms with van der Waals surface area (Å²) in [5.74, 6) is -0.863. The molecule has 2 N–H and O–H groups in total. The summed E-state index contributed by atoms with van der Waals surface area (Å²) in [4.78, 5) is 16.4. The van der Waals surface area contributed by atoms with E-state index in [4.69, 9.17) is 9.47 Å². The van der Waals surface area contributed by atoms with Crippen LogP contribution in [0, 0.1) is 5.82 Å². The molecule has 0 radical (unpaired) electrons. The van der Waals surface area contributed by atoms with Crippen LogP contribution in [0.2, 0.25) is 0 Å². The van der Waals surface area contributed by atoms with Gasteiger partial charge in [0.2, 0.25) is 5.91 Å². The number of halogens is 4. The minimum Gasteiger partial charge on any atom is -0.497 e. The highest BCUT2D eigenvalue weighted by Gasteiger charge is 2.32. The molecule has 11 heteroatoms. The number of nitrogens with zero attached hydrogens (tertiary/aromatic N) is 2. The molecule has 192 valence electrons. The van der Waals surface area contributed by atoms with E-state index in [0.717, 1.165) is 12.1 Å². The Kier molecular flexibility index (Phi) is 8.92. The van der Waals surface area contributed by atoms with Crippen molar-refractivity contribution in [1.82, 2.24) is 9.80 Å². The van der Waals surface area contributed by atoms with Crippen molar-refractivity contribution < 1.29 is 36.9 Å². The minimum absolute atomic E-state index is 0.00472. The second-order valence-corrected chi connectivity index (χ2v) is 8.47. The first-order chi connectivity index (χ1) is 16.5. The van der Waals surface area contributed by atoms with Crippen LogP contribution in [0.15, 0.2) is 42.5 Å². The number of alkyl halides is 3. The molecular formula is C24H29F4N3O4. The number of carbonyl (C=O) groups excluding carboxylic acids is 1. The van der Waals surface area contributed by atoms with Gasteiger partial charge in [-0.15, -0.1) is 0 Å². The van der Waals surface area contributed by atoms with Crippen LogP contribution in [-0.2, 0) is 11.0 Å². The minimum atomic E-state index is -4.56. The van der Waals surface area contributed by atoms with Crippen molar-refractivity contribution in [2.24, 2.45) is 0 Å². The molecule has 0 aromatic heterocycles. The lowest BCUT2D eigenvalue weighted by Crippen LogP contribution is -2.55. The van der Waals surface area contributed by atoms with Gasteiger partial charge < -0.3 is 19.9 Å². The van der Waals surface area contributed by atoms with Crippen molar-refractivity contribution in [3.8, 4) is 11.5 Å². The zero-order valence-corrected chi connectivity index (χ0v) is 19.5. The van der Waals surface area contributed by atoms with Crippen LogP contribution in [-0.4, -0.2) is 79.4 Å². The van der Waals surface area contributed by atoms with Crippen LogP contribution >= 0.6 is 0 Å². The average Bonchev–Trinajstić information content (AvgIpc) is 2.79. The number of anilines is 1. The smallest absolute Gasteiger partial charge is 0.416 e. The van der Waals surface area contributed by atoms with Gasteiger partial charge in [-0.1, -0.05) is 12.1 Å². The molecule has 1 aliphatic rings. The van der Waals surface area contributed by atoms with E-state index in [1.807, 2.05) is 16.7 Å². The summed E-state index contributed by atoms with van der Waals surface area (Å²) in [5, 5.41) is 12.8. The number of para-hydroxylation sites is 1. The number of β-amino-alcohol motifs (C(OH)–C–C–N with tert-alkyl or cyclic N) is 1. The Balaban J connectivity index is 1.47. The monoisotopic (exact) mass is 499 g/mol. The quantitative estimate of drug-likeness (QED) is 0.517. The highest BCUT2D eigenvalue weighted by atomic mass is 19.4. The molecule has 3 rings (SSSR count). The third kappa shape index (κ3) is 7.81. The maximum Gasteiger partial charge on any atom is 0.416 e. The third-order valence-electron chi connectivity index (χ3n) is 5.68. The fraction of sp³-hybridized carbons (Fsp3) is 0.458. The van der Waals surface area contributed by atoms with E-state index in [2.05, 4.69) is 5.32 Å². The summed E-state index contributed by atoms with van der Waals surface area (Å²) in [6, 6.07) is 9.04. The predicted octanol–water partition coefficient (Wildman–Crippen LogP) is 3.24. The van der Waals surface area contributed by atoms with Crippen molar-refractivity contribution >= 4 is 11.6 Å². The van der Waals surface area contributed by atoms with Crippen molar-refractivity contribution in [1.29, 1.82) is 0 Å². The number of nitrogens with one attached hydrogen (secondary N) is 1. The molecule has 0 aliphatic carbocycles. The molecule has 7 nitrogen and oxygen atoms in total. The zero-order chi connectivity index (χ0) is 25.6. The van der Waals surface area contributed by atoms with Gasteiger partial charge in [-0.25, -0.2) is 4.39 Å². The molecule has 0 saturated carbocycles. The first-order valence-corrected chi connectivity index (χ1v) is 11.1. The Labute approximate surface area is 201 Å². The summed E-state index contributed by atoms with van der Waals surface area (Å²) in [7, 11) is 1.25. The van der Waals surface area contributed by atoms with Gasteiger partial charge >= 0.3 is 6.18 Å². The molecule has 0 unspecified atom stereocenters. The molecule has 1 amide bonds. The number of aliphatic hydroxyl groups is 1. The van der Waals surface area contributed by atoms with Crippen molar-refractivity contribution in [2.45, 2.75) is 25.2 Å². The van der Waals surface area contributed by atoms with Crippen LogP contribution in [0.1, 0.15) is 12.5 Å². The van der Waals surface area contributed by atoms with Gasteiger partial charge in [0, 0.05) is 44.0 Å². The lowest BCUT2D eigenvalue weighted by atomic mass is 10.1. The number of piperazine rings is 1. The lowest BCUT2D eigenvalue weighted by Gasteiger charge is -2.40. The maximum atomic E-state index is 13.6. The largest absolute Gasteiger partial charge is 0.497 e. The number of aliphatic hydroxyl groups excluding tert-OH is 1. The molecule has 2 aromatic carbocycles. The van der Waals surface area contributed by atoms with Gasteiger partial charge in [0.1, 0.15) is 18.5 Å². The van der Waals surface area contributed by atoms with Gasteiger partial charge in [0.15, 0.2) is 11.6 Å². The Bertz CT molecular complexity index is 1000. The van der Waals surface area contributed by atoms with E-state index in [9.17, 15) is 27.5 Å². The molecular weight excluding hydrogens is 470 g/mol. The lowest BCUT2D eigenvalue weighted by molar-refractivity contribution is -0.137. The molecule has 1 saturated heterocycles. The van der Waals surface area contributed by atoms with Gasteiger partial charge in [0.25, 0.3) is 0 Å². The number of hydrogen-bond acceptors (Lipinski definition) is 6. The second-order valence-electron chi connectivity index (χ2n) is 8.47. The highest BCUT2D eigenvalue weighted by Crippen LogP contribution is 2.34. The Morgan fingerprint density at radius 3 is 2.63 bits per heavy atom. The first kappa shape index (κ1) is 26.7. The fourth-order valence-electron chi connectivity index (χ4n) is 3.91. The Morgan fingerprint density at radius 2 is 1.97 bits per heavy atom. The predicted molar refractivity (Wildman–Crippen MR) is 122 cm³/mol. The van der Waals surface area contributed by atoms with Gasteiger partial charge in [-0.3, -0.25) is 14.6 Å². The van der Waals surface area contributed by atoms with Crippen LogP contribution in [0.25, 0.3) is 0 Å². The normalized spacial score (nSPS) is 18.2. The topological polar surface area (TPSA) is 74.3 Å². The van der Waals surface area contributed by atoms with Gasteiger partial charge in [0.05, 0.1) is 19.2 Å². The zero-order valence-electron chi connectivity index (χ0n) is 19.5. The van der Waals surface area contributed by atoms with Gasteiger partial charge in [-0.2, -0.15) is 13.2 Å². The molecule has 1 aliphatic heterocycles. The molecule has 2 aromatic rings. The van der Waals surface area contributed by atoms with E-state index in [1.54, 1.807) is 12.1 Å². The summed E-state index contributed by atoms with van der Waals surface area (Å²) in [5.41, 5.74) is -0.904. The molecule has 1 heterocycles. The van der Waals surface area contributed by atoms with Crippen LogP contribution < -0.4 is 14.8 Å². The van der Waals surface area contributed by atoms with Crippen LogP contribution in [0.4, 0.5) is 23.2 Å². The molecule has 0 spiro atoms. The molecule has 0 bridgehead atoms. The van der Waals surface area contributed by atoms with Gasteiger partial charge in [-0.05, 0) is 31.2 Å². The maximum absolute atomic E-state index is 13.6. The Hall–Kier alpha value is -2.89. The highest BCUT2D eigenvalue weighted by molar-refractivity contribution is 5.92. The Morgan fingerprint density at radius 1 is 1.23 bits per heavy atom.